The van der Waals surface area contributed by atoms with Crippen LogP contribution in [-0.4, -0.2) is 64.0 Å². The lowest BCUT2D eigenvalue weighted by Crippen LogP contribution is -2.37. The van der Waals surface area contributed by atoms with Crippen LogP contribution in [0.3, 0.4) is 0 Å². The van der Waals surface area contributed by atoms with Gasteiger partial charge in [-0.25, -0.2) is 13.9 Å². The Morgan fingerprint density at radius 2 is 1.97 bits per heavy atom. The SMILES string of the molecule is CNS(=O)(=O)Nc1cccc(Cc2c(CN3CCC3)c3ccc(OC(O)N(C)C)cc3oc2=O)c1F. The maximum atomic E-state index is 15.2. The molecule has 0 radical (unpaired) electrons. The number of hydrogen-bond donors (Lipinski definition) is 3. The van der Waals surface area contributed by atoms with E-state index in [1.54, 1.807) is 32.3 Å². The van der Waals surface area contributed by atoms with Gasteiger partial charge >= 0.3 is 5.63 Å². The third kappa shape index (κ3) is 5.68. The van der Waals surface area contributed by atoms with Crippen LogP contribution in [0.25, 0.3) is 11.0 Å². The lowest BCUT2D eigenvalue weighted by atomic mass is 9.96. The molecule has 2 aromatic carbocycles. The second-order valence-electron chi connectivity index (χ2n) is 8.81. The van der Waals surface area contributed by atoms with E-state index in [0.717, 1.165) is 19.5 Å². The maximum Gasteiger partial charge on any atom is 0.340 e. The molecule has 4 rings (SSSR count). The number of benzene rings is 2. The second-order valence-corrected chi connectivity index (χ2v) is 10.4. The van der Waals surface area contributed by atoms with Gasteiger partial charge in [-0.1, -0.05) is 12.1 Å². The van der Waals surface area contributed by atoms with Crippen LogP contribution in [-0.2, 0) is 23.2 Å². The van der Waals surface area contributed by atoms with Crippen LogP contribution in [0, 0.1) is 5.82 Å². The molecule has 1 unspecified atom stereocenters. The van der Waals surface area contributed by atoms with Crippen molar-refractivity contribution in [3.05, 3.63) is 69.3 Å². The van der Waals surface area contributed by atoms with Crippen LogP contribution < -0.4 is 19.8 Å². The minimum absolute atomic E-state index is 0.0833. The van der Waals surface area contributed by atoms with Crippen molar-refractivity contribution in [1.29, 1.82) is 0 Å². The number of hydrogen-bond acceptors (Lipinski definition) is 8. The summed E-state index contributed by atoms with van der Waals surface area (Å²) in [7, 11) is 0.601. The summed E-state index contributed by atoms with van der Waals surface area (Å²) in [6.45, 7) is 2.24. The number of aliphatic hydroxyl groups excluding tert-OH is 1. The second kappa shape index (κ2) is 10.5. The van der Waals surface area contributed by atoms with Gasteiger partial charge < -0.3 is 14.3 Å². The van der Waals surface area contributed by atoms with E-state index in [9.17, 15) is 18.3 Å². The molecule has 10 nitrogen and oxygen atoms in total. The average molecular weight is 521 g/mol. The summed E-state index contributed by atoms with van der Waals surface area (Å²) < 4.78 is 54.2. The predicted octanol–water partition coefficient (Wildman–Crippen LogP) is 1.82. The molecule has 1 aliphatic rings. The van der Waals surface area contributed by atoms with Crippen LogP contribution in [0.5, 0.6) is 5.75 Å². The van der Waals surface area contributed by atoms with Crippen molar-refractivity contribution >= 4 is 26.9 Å². The van der Waals surface area contributed by atoms with Gasteiger partial charge in [-0.3, -0.25) is 14.5 Å². The number of fused-ring (bicyclic) bond motifs is 1. The van der Waals surface area contributed by atoms with E-state index in [0.29, 0.717) is 34.4 Å². The summed E-state index contributed by atoms with van der Waals surface area (Å²) in [6, 6.07) is 9.29. The standard InChI is InChI=1S/C24H29FN4O6S/c1-26-36(32,33)27-20-7-4-6-15(22(20)25)12-18-19(14-29-10-5-11-29)17-9-8-16(34-24(31)28(2)3)13-21(17)35-23(18)30/h4,6-9,13,24,26-27,31H,5,10-12,14H2,1-3H3. The fourth-order valence-electron chi connectivity index (χ4n) is 3.89. The molecule has 1 fully saturated rings. The van der Waals surface area contributed by atoms with E-state index in [1.807, 2.05) is 0 Å². The highest BCUT2D eigenvalue weighted by atomic mass is 32.2. The first kappa shape index (κ1) is 26.0. The van der Waals surface area contributed by atoms with Crippen molar-refractivity contribution < 1.29 is 27.1 Å². The third-order valence-corrected chi connectivity index (χ3v) is 7.09. The zero-order chi connectivity index (χ0) is 26.0. The summed E-state index contributed by atoms with van der Waals surface area (Å²) in [5, 5.41) is 10.7. The fourth-order valence-corrected chi connectivity index (χ4v) is 4.44. The first-order valence-electron chi connectivity index (χ1n) is 11.4. The number of rotatable bonds is 10. The van der Waals surface area contributed by atoms with Gasteiger partial charge in [0.25, 0.3) is 16.6 Å². The Labute approximate surface area is 208 Å². The van der Waals surface area contributed by atoms with E-state index in [4.69, 9.17) is 9.15 Å². The van der Waals surface area contributed by atoms with E-state index in [2.05, 4.69) is 14.3 Å². The fraction of sp³-hybridized carbons (Fsp3) is 0.375. The minimum Gasteiger partial charge on any atom is -0.451 e. The smallest absolute Gasteiger partial charge is 0.340 e. The maximum absolute atomic E-state index is 15.2. The lowest BCUT2D eigenvalue weighted by Gasteiger charge is -2.31. The first-order valence-corrected chi connectivity index (χ1v) is 12.9. The molecule has 0 bridgehead atoms. The first-order chi connectivity index (χ1) is 17.1. The topological polar surface area (TPSA) is 124 Å². The van der Waals surface area contributed by atoms with E-state index in [-0.39, 0.29) is 17.7 Å². The molecule has 1 aliphatic heterocycles. The van der Waals surface area contributed by atoms with Crippen LogP contribution in [0.2, 0.25) is 0 Å². The van der Waals surface area contributed by atoms with Gasteiger partial charge in [0.1, 0.15) is 11.3 Å². The molecule has 0 spiro atoms. The van der Waals surface area contributed by atoms with E-state index in [1.165, 1.54) is 30.1 Å². The summed E-state index contributed by atoms with van der Waals surface area (Å²) in [5.74, 6) is -0.447. The number of likely N-dealkylation sites (tertiary alicyclic amines) is 1. The number of nitrogens with zero attached hydrogens (tertiary/aromatic N) is 2. The van der Waals surface area contributed by atoms with Crippen LogP contribution in [0.15, 0.2) is 45.6 Å². The number of nitrogens with one attached hydrogen (secondary N) is 2. The molecule has 3 aromatic rings. The Morgan fingerprint density at radius 1 is 1.22 bits per heavy atom. The van der Waals surface area contributed by atoms with Crippen LogP contribution >= 0.6 is 0 Å². The van der Waals surface area contributed by atoms with Gasteiger partial charge in [0.15, 0.2) is 5.82 Å². The van der Waals surface area contributed by atoms with Gasteiger partial charge in [-0.15, -0.1) is 0 Å². The summed E-state index contributed by atoms with van der Waals surface area (Å²) in [4.78, 5) is 16.8. The highest BCUT2D eigenvalue weighted by Crippen LogP contribution is 2.29. The number of ether oxygens (including phenoxy) is 1. The molecule has 12 heteroatoms. The molecule has 3 N–H and O–H groups in total. The summed E-state index contributed by atoms with van der Waals surface area (Å²) in [5.41, 5.74) is 0.599. The zero-order valence-electron chi connectivity index (χ0n) is 20.2. The number of anilines is 1. The van der Waals surface area contributed by atoms with Crippen molar-refractivity contribution in [2.45, 2.75) is 25.8 Å². The van der Waals surface area contributed by atoms with Crippen molar-refractivity contribution in [3.8, 4) is 5.75 Å². The van der Waals surface area contributed by atoms with Crippen molar-refractivity contribution in [3.63, 3.8) is 0 Å². The van der Waals surface area contributed by atoms with Gasteiger partial charge in [0.05, 0.1) is 5.69 Å². The van der Waals surface area contributed by atoms with Gasteiger partial charge in [0, 0.05) is 37.0 Å². The largest absolute Gasteiger partial charge is 0.451 e. The molecular formula is C24H29FN4O6S. The molecule has 36 heavy (non-hydrogen) atoms. The van der Waals surface area contributed by atoms with Gasteiger partial charge in [-0.2, -0.15) is 8.42 Å². The Morgan fingerprint density at radius 3 is 2.61 bits per heavy atom. The van der Waals surface area contributed by atoms with Crippen molar-refractivity contribution in [2.75, 3.05) is 39.0 Å². The molecule has 1 saturated heterocycles. The Bertz CT molecular complexity index is 1420. The lowest BCUT2D eigenvalue weighted by molar-refractivity contribution is -0.114. The van der Waals surface area contributed by atoms with Crippen molar-refractivity contribution in [2.24, 2.45) is 0 Å². The third-order valence-electron chi connectivity index (χ3n) is 6.06. The predicted molar refractivity (Wildman–Crippen MR) is 134 cm³/mol. The molecule has 1 aromatic heterocycles. The van der Waals surface area contributed by atoms with Crippen LogP contribution in [0.4, 0.5) is 10.1 Å². The number of aliphatic hydroxyl groups is 1. The molecule has 2 heterocycles. The molecule has 194 valence electrons. The van der Waals surface area contributed by atoms with E-state index >= 15 is 4.39 Å². The Hall–Kier alpha value is -3.03. The number of halogens is 1. The normalized spacial score (nSPS) is 15.2. The highest BCUT2D eigenvalue weighted by Gasteiger charge is 2.23. The Balaban J connectivity index is 1.76. The van der Waals surface area contributed by atoms with Crippen molar-refractivity contribution in [1.82, 2.24) is 14.5 Å². The molecule has 0 amide bonds. The monoisotopic (exact) mass is 520 g/mol. The summed E-state index contributed by atoms with van der Waals surface area (Å²) >= 11 is 0. The van der Waals surface area contributed by atoms with Crippen LogP contribution in [0.1, 0.15) is 23.1 Å². The average Bonchev–Trinajstić information content (AvgIpc) is 2.79. The summed E-state index contributed by atoms with van der Waals surface area (Å²) in [6.07, 6.45) is -0.207. The quantitative estimate of drug-likeness (QED) is 0.273. The molecule has 0 saturated carbocycles. The molecular weight excluding hydrogens is 491 g/mol. The van der Waals surface area contributed by atoms with Gasteiger partial charge in [-0.05, 0) is 62.9 Å². The van der Waals surface area contributed by atoms with E-state index < -0.39 is 28.1 Å². The Kier molecular flexibility index (Phi) is 7.62. The zero-order valence-corrected chi connectivity index (χ0v) is 21.1. The van der Waals surface area contributed by atoms with Gasteiger partial charge in [0.2, 0.25) is 0 Å². The molecule has 0 aliphatic carbocycles. The minimum atomic E-state index is -3.92. The molecule has 1 atom stereocenters. The highest BCUT2D eigenvalue weighted by molar-refractivity contribution is 7.90.